The summed E-state index contributed by atoms with van der Waals surface area (Å²) < 4.78 is 10.3. The summed E-state index contributed by atoms with van der Waals surface area (Å²) >= 11 is 0. The number of ether oxygens (including phenoxy) is 2. The zero-order chi connectivity index (χ0) is 22.1. The van der Waals surface area contributed by atoms with Crippen LogP contribution in [-0.2, 0) is 14.3 Å². The zero-order valence-corrected chi connectivity index (χ0v) is 19.2. The molecule has 0 fully saturated rings. The molecule has 0 radical (unpaired) electrons. The number of nitrogens with zero attached hydrogens (tertiary/aromatic N) is 2. The molecular formula is C23H42N2O4. The van der Waals surface area contributed by atoms with Crippen molar-refractivity contribution in [2.45, 2.75) is 110 Å². The van der Waals surface area contributed by atoms with Crippen LogP contribution in [0.1, 0.15) is 98.8 Å². The summed E-state index contributed by atoms with van der Waals surface area (Å²) in [5.41, 5.74) is -0.654. The van der Waals surface area contributed by atoms with E-state index >= 15 is 0 Å². The van der Waals surface area contributed by atoms with E-state index in [4.69, 9.17) is 9.47 Å². The van der Waals surface area contributed by atoms with Crippen LogP contribution in [0.5, 0.6) is 0 Å². The third kappa shape index (κ3) is 14.8. The Labute approximate surface area is 177 Å². The molecule has 1 unspecified atom stereocenters. The summed E-state index contributed by atoms with van der Waals surface area (Å²) in [4.78, 5) is 24.2. The Balaban J connectivity index is 4.66. The number of hydrazone groups is 1. The summed E-state index contributed by atoms with van der Waals surface area (Å²) in [5, 5.41) is 5.24. The minimum Gasteiger partial charge on any atom is -0.462 e. The van der Waals surface area contributed by atoms with Gasteiger partial charge in [0.05, 0.1) is 12.6 Å². The van der Waals surface area contributed by atoms with Gasteiger partial charge >= 0.3 is 12.1 Å². The first-order valence-electron chi connectivity index (χ1n) is 11.1. The Kier molecular flexibility index (Phi) is 15.0. The lowest BCUT2D eigenvalue weighted by molar-refractivity contribution is -0.134. The van der Waals surface area contributed by atoms with Gasteiger partial charge in [0, 0.05) is 0 Å². The van der Waals surface area contributed by atoms with Gasteiger partial charge in [-0.15, -0.1) is 6.58 Å². The van der Waals surface area contributed by atoms with Crippen molar-refractivity contribution in [2.75, 3.05) is 6.61 Å². The van der Waals surface area contributed by atoms with Gasteiger partial charge in [-0.25, -0.2) is 9.59 Å². The number of rotatable bonds is 15. The van der Waals surface area contributed by atoms with Crippen LogP contribution in [0.15, 0.2) is 17.8 Å². The highest BCUT2D eigenvalue weighted by molar-refractivity contribution is 6.23. The van der Waals surface area contributed by atoms with Crippen LogP contribution in [-0.4, -0.2) is 41.5 Å². The van der Waals surface area contributed by atoms with E-state index in [1.54, 1.807) is 33.8 Å². The van der Waals surface area contributed by atoms with Gasteiger partial charge in [0.15, 0.2) is 0 Å². The summed E-state index contributed by atoms with van der Waals surface area (Å²) in [5.74, 6) is -0.591. The second-order valence-electron chi connectivity index (χ2n) is 8.24. The highest BCUT2D eigenvalue weighted by Gasteiger charge is 2.26. The zero-order valence-electron chi connectivity index (χ0n) is 19.2. The normalized spacial score (nSPS) is 12.6. The van der Waals surface area contributed by atoms with Crippen molar-refractivity contribution >= 4 is 18.3 Å². The van der Waals surface area contributed by atoms with E-state index in [1.807, 2.05) is 0 Å². The van der Waals surface area contributed by atoms with Gasteiger partial charge in [0.2, 0.25) is 0 Å². The second kappa shape index (κ2) is 16.0. The fourth-order valence-corrected chi connectivity index (χ4v) is 2.87. The van der Waals surface area contributed by atoms with E-state index in [-0.39, 0.29) is 12.6 Å². The van der Waals surface area contributed by atoms with Crippen LogP contribution in [0.2, 0.25) is 0 Å². The van der Waals surface area contributed by atoms with Gasteiger partial charge < -0.3 is 9.47 Å². The largest absolute Gasteiger partial charge is 0.462 e. The molecule has 0 bridgehead atoms. The van der Waals surface area contributed by atoms with Crippen LogP contribution in [0.3, 0.4) is 0 Å². The molecule has 0 aliphatic carbocycles. The fraction of sp³-hybridized carbons (Fsp3) is 0.783. The molecule has 1 atom stereocenters. The lowest BCUT2D eigenvalue weighted by atomic mass is 10.0. The predicted molar refractivity (Wildman–Crippen MR) is 119 cm³/mol. The number of carbonyl (C=O) groups is 2. The molecule has 0 aromatic heterocycles. The smallest absolute Gasteiger partial charge is 0.431 e. The molecule has 1 amide bonds. The van der Waals surface area contributed by atoms with E-state index in [2.05, 4.69) is 18.6 Å². The molecule has 0 spiro atoms. The number of hydrogen-bond donors (Lipinski definition) is 0. The summed E-state index contributed by atoms with van der Waals surface area (Å²) in [7, 11) is 0. The molecule has 0 aliphatic heterocycles. The first-order chi connectivity index (χ1) is 13.7. The van der Waals surface area contributed by atoms with Crippen LogP contribution in [0, 0.1) is 0 Å². The van der Waals surface area contributed by atoms with Crippen molar-refractivity contribution in [2.24, 2.45) is 5.10 Å². The van der Waals surface area contributed by atoms with Crippen molar-refractivity contribution in [1.29, 1.82) is 0 Å². The molecule has 0 aromatic rings. The molecule has 0 rings (SSSR count). The number of esters is 1. The topological polar surface area (TPSA) is 68.2 Å². The average Bonchev–Trinajstić information content (AvgIpc) is 2.63. The standard InChI is InChI=1S/C23H42N2O4/c1-7-10-11-12-13-14-15-16-17-18-20(8-2)25(22(27)29-23(4,5)6)24-19-21(26)28-9-3/h8,19-20H,2,7,9-18H2,1,3-6H3/b24-19+. The summed E-state index contributed by atoms with van der Waals surface area (Å²) in [6.07, 6.45) is 13.9. The van der Waals surface area contributed by atoms with Gasteiger partial charge in [-0.3, -0.25) is 0 Å². The van der Waals surface area contributed by atoms with Crippen molar-refractivity contribution in [3.05, 3.63) is 12.7 Å². The number of unbranched alkanes of at least 4 members (excludes halogenated alkanes) is 8. The van der Waals surface area contributed by atoms with Gasteiger partial charge in [0.25, 0.3) is 0 Å². The SMILES string of the molecule is C=CC(CCCCCCCCCCC)N(/N=C/C(=O)OCC)C(=O)OC(C)(C)C. The Hall–Kier alpha value is -1.85. The first-order valence-corrected chi connectivity index (χ1v) is 11.1. The Morgan fingerprint density at radius 2 is 1.55 bits per heavy atom. The molecule has 0 N–H and O–H groups in total. The van der Waals surface area contributed by atoms with Gasteiger partial charge in [-0.1, -0.05) is 70.8 Å². The third-order valence-electron chi connectivity index (χ3n) is 4.34. The van der Waals surface area contributed by atoms with Crippen molar-refractivity contribution in [3.63, 3.8) is 0 Å². The van der Waals surface area contributed by atoms with Crippen LogP contribution in [0.4, 0.5) is 4.79 Å². The molecule has 0 saturated heterocycles. The fourth-order valence-electron chi connectivity index (χ4n) is 2.87. The van der Waals surface area contributed by atoms with Crippen molar-refractivity contribution in [3.8, 4) is 0 Å². The predicted octanol–water partition coefficient (Wildman–Crippen LogP) is 6.25. The Bertz CT molecular complexity index is 498. The van der Waals surface area contributed by atoms with E-state index in [1.165, 1.54) is 50.0 Å². The summed E-state index contributed by atoms with van der Waals surface area (Å²) in [6, 6.07) is -0.333. The third-order valence-corrected chi connectivity index (χ3v) is 4.34. The maximum atomic E-state index is 12.6. The molecule has 0 heterocycles. The molecule has 6 nitrogen and oxygen atoms in total. The van der Waals surface area contributed by atoms with E-state index in [9.17, 15) is 9.59 Å². The maximum absolute atomic E-state index is 12.6. The minimum atomic E-state index is -0.654. The molecule has 6 heteroatoms. The monoisotopic (exact) mass is 410 g/mol. The van der Waals surface area contributed by atoms with Crippen LogP contribution in [0.25, 0.3) is 0 Å². The van der Waals surface area contributed by atoms with E-state index in [0.717, 1.165) is 25.5 Å². The number of hydrogen-bond acceptors (Lipinski definition) is 5. The average molecular weight is 411 g/mol. The summed E-state index contributed by atoms with van der Waals surface area (Å²) in [6.45, 7) is 13.4. The van der Waals surface area contributed by atoms with E-state index < -0.39 is 17.7 Å². The number of carbonyl (C=O) groups excluding carboxylic acids is 2. The second-order valence-corrected chi connectivity index (χ2v) is 8.24. The first kappa shape index (κ1) is 27.1. The van der Waals surface area contributed by atoms with Gasteiger partial charge in [-0.05, 0) is 34.1 Å². The Morgan fingerprint density at radius 1 is 1.00 bits per heavy atom. The maximum Gasteiger partial charge on any atom is 0.431 e. The van der Waals surface area contributed by atoms with Crippen LogP contribution < -0.4 is 0 Å². The lowest BCUT2D eigenvalue weighted by Gasteiger charge is -2.28. The van der Waals surface area contributed by atoms with Crippen molar-refractivity contribution in [1.82, 2.24) is 5.01 Å². The molecule has 29 heavy (non-hydrogen) atoms. The lowest BCUT2D eigenvalue weighted by Crippen LogP contribution is -2.39. The van der Waals surface area contributed by atoms with Crippen molar-refractivity contribution < 1.29 is 19.1 Å². The number of amides is 1. The van der Waals surface area contributed by atoms with E-state index in [0.29, 0.717) is 0 Å². The molecule has 0 aromatic carbocycles. The quantitative estimate of drug-likeness (QED) is 0.105. The molecule has 168 valence electrons. The minimum absolute atomic E-state index is 0.251. The molecule has 0 saturated carbocycles. The highest BCUT2D eigenvalue weighted by atomic mass is 16.6. The highest BCUT2D eigenvalue weighted by Crippen LogP contribution is 2.18. The van der Waals surface area contributed by atoms with Crippen LogP contribution >= 0.6 is 0 Å². The molecule has 0 aliphatic rings. The Morgan fingerprint density at radius 3 is 2.03 bits per heavy atom. The van der Waals surface area contributed by atoms with Gasteiger partial charge in [0.1, 0.15) is 11.8 Å². The molecular weight excluding hydrogens is 368 g/mol. The van der Waals surface area contributed by atoms with Gasteiger partial charge in [-0.2, -0.15) is 10.1 Å².